The van der Waals surface area contributed by atoms with Crippen LogP contribution in [0, 0.1) is 5.82 Å². The van der Waals surface area contributed by atoms with Crippen molar-refractivity contribution in [1.29, 1.82) is 0 Å². The molecule has 3 aromatic heterocycles. The maximum atomic E-state index is 13.1. The number of fused-ring (bicyclic) bond motifs is 1. The molecule has 1 aromatic carbocycles. The first-order valence-electron chi connectivity index (χ1n) is 7.93. The van der Waals surface area contributed by atoms with E-state index in [-0.39, 0.29) is 11.7 Å². The van der Waals surface area contributed by atoms with Gasteiger partial charge in [0.15, 0.2) is 5.65 Å². The molecule has 26 heavy (non-hydrogen) atoms. The Morgan fingerprint density at radius 2 is 1.81 bits per heavy atom. The summed E-state index contributed by atoms with van der Waals surface area (Å²) in [5.74, 6) is -0.232. The summed E-state index contributed by atoms with van der Waals surface area (Å²) >= 11 is 0. The Morgan fingerprint density at radius 3 is 2.65 bits per heavy atom. The molecule has 0 fully saturated rings. The summed E-state index contributed by atoms with van der Waals surface area (Å²) in [7, 11) is 0. The molecule has 6 heteroatoms. The second kappa shape index (κ2) is 6.68. The number of pyridine rings is 3. The molecule has 0 saturated heterocycles. The summed E-state index contributed by atoms with van der Waals surface area (Å²) in [6.07, 6.45) is 4.75. The third-order valence-corrected chi connectivity index (χ3v) is 3.88. The molecule has 1 amide bonds. The molecule has 3 heterocycles. The van der Waals surface area contributed by atoms with E-state index < -0.39 is 0 Å². The van der Waals surface area contributed by atoms with Gasteiger partial charge in [0.25, 0.3) is 5.91 Å². The van der Waals surface area contributed by atoms with Crippen LogP contribution in [0.25, 0.3) is 22.2 Å². The van der Waals surface area contributed by atoms with Gasteiger partial charge in [0.1, 0.15) is 11.6 Å². The van der Waals surface area contributed by atoms with Crippen LogP contribution >= 0.6 is 0 Å². The lowest BCUT2D eigenvalue weighted by molar-refractivity contribution is 0.102. The highest BCUT2D eigenvalue weighted by molar-refractivity contribution is 6.04. The van der Waals surface area contributed by atoms with Crippen LogP contribution < -0.4 is 5.32 Å². The van der Waals surface area contributed by atoms with Gasteiger partial charge in [-0.3, -0.25) is 9.78 Å². The van der Waals surface area contributed by atoms with Gasteiger partial charge in [-0.15, -0.1) is 0 Å². The number of nitrogens with zero attached hydrogens (tertiary/aromatic N) is 3. The number of aromatic nitrogens is 3. The number of amides is 1. The first-order valence-corrected chi connectivity index (χ1v) is 7.93. The van der Waals surface area contributed by atoms with Crippen LogP contribution in [0.1, 0.15) is 10.4 Å². The van der Waals surface area contributed by atoms with Crippen molar-refractivity contribution in [2.75, 3.05) is 5.32 Å². The summed E-state index contributed by atoms with van der Waals surface area (Å²) in [5, 5.41) is 3.64. The number of hydrogen-bond acceptors (Lipinski definition) is 4. The number of anilines is 1. The lowest BCUT2D eigenvalue weighted by atomic mass is 10.1. The molecular weight excluding hydrogens is 331 g/mol. The Morgan fingerprint density at radius 1 is 0.962 bits per heavy atom. The van der Waals surface area contributed by atoms with Crippen LogP contribution in [0.5, 0.6) is 0 Å². The van der Waals surface area contributed by atoms with Gasteiger partial charge in [-0.1, -0.05) is 12.1 Å². The third kappa shape index (κ3) is 3.25. The summed E-state index contributed by atoms with van der Waals surface area (Å²) in [5.41, 5.74) is 2.45. The number of halogens is 1. The fourth-order valence-electron chi connectivity index (χ4n) is 2.58. The molecule has 0 aliphatic rings. The van der Waals surface area contributed by atoms with Crippen molar-refractivity contribution in [3.05, 3.63) is 84.6 Å². The van der Waals surface area contributed by atoms with Gasteiger partial charge >= 0.3 is 0 Å². The quantitative estimate of drug-likeness (QED) is 0.608. The highest BCUT2D eigenvalue weighted by Crippen LogP contribution is 2.20. The third-order valence-electron chi connectivity index (χ3n) is 3.88. The molecule has 0 aliphatic carbocycles. The van der Waals surface area contributed by atoms with Crippen molar-refractivity contribution in [2.45, 2.75) is 0 Å². The SMILES string of the molecule is O=C(Nc1ccc2cccnc2n1)c1cncc(-c2ccc(F)cc2)c1. The molecule has 4 aromatic rings. The predicted molar refractivity (Wildman–Crippen MR) is 97.1 cm³/mol. The molecule has 0 spiro atoms. The van der Waals surface area contributed by atoms with Gasteiger partial charge in [-0.25, -0.2) is 14.4 Å². The molecule has 0 unspecified atom stereocenters. The van der Waals surface area contributed by atoms with Crippen LogP contribution in [0.4, 0.5) is 10.2 Å². The van der Waals surface area contributed by atoms with E-state index >= 15 is 0 Å². The molecular formula is C20H13FN4O. The van der Waals surface area contributed by atoms with Crippen molar-refractivity contribution in [1.82, 2.24) is 15.0 Å². The molecule has 0 radical (unpaired) electrons. The average molecular weight is 344 g/mol. The van der Waals surface area contributed by atoms with Gasteiger partial charge < -0.3 is 5.32 Å². The van der Waals surface area contributed by atoms with Crippen LogP contribution in [-0.4, -0.2) is 20.9 Å². The molecule has 0 aliphatic heterocycles. The largest absolute Gasteiger partial charge is 0.306 e. The van der Waals surface area contributed by atoms with Crippen molar-refractivity contribution >= 4 is 22.8 Å². The minimum absolute atomic E-state index is 0.313. The van der Waals surface area contributed by atoms with Crippen molar-refractivity contribution in [2.24, 2.45) is 0 Å². The zero-order valence-corrected chi connectivity index (χ0v) is 13.6. The average Bonchev–Trinajstić information content (AvgIpc) is 2.68. The monoisotopic (exact) mass is 344 g/mol. The number of hydrogen-bond donors (Lipinski definition) is 1. The number of carbonyl (C=O) groups is 1. The molecule has 1 N–H and O–H groups in total. The van der Waals surface area contributed by atoms with E-state index in [4.69, 9.17) is 0 Å². The van der Waals surface area contributed by atoms with Crippen LogP contribution in [-0.2, 0) is 0 Å². The van der Waals surface area contributed by atoms with Gasteiger partial charge in [0, 0.05) is 29.5 Å². The number of nitrogens with one attached hydrogen (secondary N) is 1. The first-order chi connectivity index (χ1) is 12.7. The van der Waals surface area contributed by atoms with Gasteiger partial charge in [-0.2, -0.15) is 0 Å². The van der Waals surface area contributed by atoms with Crippen molar-refractivity contribution in [3.63, 3.8) is 0 Å². The smallest absolute Gasteiger partial charge is 0.258 e. The lowest BCUT2D eigenvalue weighted by Crippen LogP contribution is -2.13. The Kier molecular flexibility index (Phi) is 4.07. The van der Waals surface area contributed by atoms with E-state index in [9.17, 15) is 9.18 Å². The molecule has 4 rings (SSSR count). The second-order valence-electron chi connectivity index (χ2n) is 5.67. The Balaban J connectivity index is 1.59. The van der Waals surface area contributed by atoms with Gasteiger partial charge in [0.2, 0.25) is 0 Å². The number of benzene rings is 1. The Hall–Kier alpha value is -3.67. The minimum atomic E-state index is -0.329. The van der Waals surface area contributed by atoms with E-state index in [2.05, 4.69) is 20.3 Å². The van der Waals surface area contributed by atoms with E-state index in [0.29, 0.717) is 17.0 Å². The molecule has 126 valence electrons. The highest BCUT2D eigenvalue weighted by atomic mass is 19.1. The maximum Gasteiger partial charge on any atom is 0.258 e. The van der Waals surface area contributed by atoms with Gasteiger partial charge in [0.05, 0.1) is 5.56 Å². The van der Waals surface area contributed by atoms with Crippen LogP contribution in [0.15, 0.2) is 73.2 Å². The number of carbonyl (C=O) groups excluding carboxylic acids is 1. The molecule has 0 bridgehead atoms. The topological polar surface area (TPSA) is 67.8 Å². The van der Waals surface area contributed by atoms with Crippen LogP contribution in [0.3, 0.4) is 0 Å². The molecule has 0 saturated carbocycles. The van der Waals surface area contributed by atoms with Gasteiger partial charge in [-0.05, 0) is 48.0 Å². The Labute approximate surface area is 148 Å². The maximum absolute atomic E-state index is 13.1. The zero-order chi connectivity index (χ0) is 17.9. The fraction of sp³-hybridized carbons (Fsp3) is 0. The van der Waals surface area contributed by atoms with E-state index in [1.54, 1.807) is 36.7 Å². The fourth-order valence-corrected chi connectivity index (χ4v) is 2.58. The second-order valence-corrected chi connectivity index (χ2v) is 5.67. The highest BCUT2D eigenvalue weighted by Gasteiger charge is 2.10. The lowest BCUT2D eigenvalue weighted by Gasteiger charge is -2.07. The standard InChI is InChI=1S/C20H13FN4O/c21-17-6-3-13(4-7-17)15-10-16(12-22-11-15)20(26)25-18-8-5-14-2-1-9-23-19(14)24-18/h1-12H,(H,23,24,25,26). The zero-order valence-electron chi connectivity index (χ0n) is 13.6. The minimum Gasteiger partial charge on any atom is -0.306 e. The van der Waals surface area contributed by atoms with E-state index in [0.717, 1.165) is 16.5 Å². The summed E-state index contributed by atoms with van der Waals surface area (Å²) < 4.78 is 13.1. The summed E-state index contributed by atoms with van der Waals surface area (Å²) in [6.45, 7) is 0. The van der Waals surface area contributed by atoms with Crippen molar-refractivity contribution < 1.29 is 9.18 Å². The predicted octanol–water partition coefficient (Wildman–Crippen LogP) is 4.08. The van der Waals surface area contributed by atoms with Crippen molar-refractivity contribution in [3.8, 4) is 11.1 Å². The molecule has 0 atom stereocenters. The van der Waals surface area contributed by atoms with Crippen LogP contribution in [0.2, 0.25) is 0 Å². The summed E-state index contributed by atoms with van der Waals surface area (Å²) in [4.78, 5) is 25.1. The first kappa shape index (κ1) is 15.8. The number of rotatable bonds is 3. The Bertz CT molecular complexity index is 1100. The molecule has 5 nitrogen and oxygen atoms in total. The summed E-state index contributed by atoms with van der Waals surface area (Å²) in [6, 6.07) is 15.0. The van der Waals surface area contributed by atoms with E-state index in [1.165, 1.54) is 18.3 Å². The normalized spacial score (nSPS) is 10.7. The van der Waals surface area contributed by atoms with E-state index in [1.807, 2.05) is 18.2 Å².